The number of halogens is 1. The summed E-state index contributed by atoms with van der Waals surface area (Å²) in [6.45, 7) is 2.55. The second-order valence-corrected chi connectivity index (χ2v) is 3.35. The van der Waals surface area contributed by atoms with Crippen molar-refractivity contribution in [2.75, 3.05) is 6.54 Å². The van der Waals surface area contributed by atoms with Crippen LogP contribution in [-0.4, -0.2) is 17.6 Å². The van der Waals surface area contributed by atoms with E-state index in [4.69, 9.17) is 12.2 Å². The first-order valence-electron chi connectivity index (χ1n) is 4.73. The molecule has 3 N–H and O–H groups in total. The van der Waals surface area contributed by atoms with Gasteiger partial charge in [-0.2, -0.15) is 0 Å². The molecule has 0 aliphatic rings. The van der Waals surface area contributed by atoms with Gasteiger partial charge < -0.3 is 5.32 Å². The van der Waals surface area contributed by atoms with Crippen molar-refractivity contribution in [3.63, 3.8) is 0 Å². The Kier molecular flexibility index (Phi) is 4.65. The van der Waals surface area contributed by atoms with Gasteiger partial charge in [0.25, 0.3) is 5.91 Å². The van der Waals surface area contributed by atoms with Gasteiger partial charge in [-0.25, -0.2) is 4.39 Å². The Morgan fingerprint density at radius 2 is 1.94 bits per heavy atom. The molecule has 0 spiro atoms. The zero-order chi connectivity index (χ0) is 12.0. The highest BCUT2D eigenvalue weighted by Crippen LogP contribution is 2.01. The Hall–Kier alpha value is -1.69. The smallest absolute Gasteiger partial charge is 0.269 e. The van der Waals surface area contributed by atoms with E-state index in [-0.39, 0.29) is 11.7 Å². The van der Waals surface area contributed by atoms with Gasteiger partial charge in [0, 0.05) is 12.1 Å². The van der Waals surface area contributed by atoms with Gasteiger partial charge in [0.1, 0.15) is 5.82 Å². The molecule has 6 heteroatoms. The molecule has 0 unspecified atom stereocenters. The van der Waals surface area contributed by atoms with Crippen LogP contribution in [0.25, 0.3) is 0 Å². The number of amides is 1. The van der Waals surface area contributed by atoms with Crippen molar-refractivity contribution in [3.05, 3.63) is 35.6 Å². The molecule has 86 valence electrons. The summed E-state index contributed by atoms with van der Waals surface area (Å²) in [6, 6.07) is 5.22. The lowest BCUT2D eigenvalue weighted by molar-refractivity contribution is 0.0943. The molecular formula is C10H12FN3OS. The Bertz CT molecular complexity index is 380. The molecule has 0 aromatic heterocycles. The summed E-state index contributed by atoms with van der Waals surface area (Å²) in [5.41, 5.74) is 5.27. The number of thiocarbonyl (C=S) groups is 1. The summed E-state index contributed by atoms with van der Waals surface area (Å²) in [4.78, 5) is 11.5. The number of carbonyl (C=O) groups excluding carboxylic acids is 1. The minimum atomic E-state index is -0.382. The lowest BCUT2D eigenvalue weighted by Crippen LogP contribution is -2.46. The van der Waals surface area contributed by atoms with E-state index >= 15 is 0 Å². The van der Waals surface area contributed by atoms with Gasteiger partial charge in [0.15, 0.2) is 5.11 Å². The third kappa shape index (κ3) is 3.82. The van der Waals surface area contributed by atoms with Crippen LogP contribution in [0.4, 0.5) is 4.39 Å². The lowest BCUT2D eigenvalue weighted by atomic mass is 10.2. The Labute approximate surface area is 98.2 Å². The molecule has 0 fully saturated rings. The fourth-order valence-electron chi connectivity index (χ4n) is 0.992. The van der Waals surface area contributed by atoms with E-state index in [0.29, 0.717) is 17.2 Å². The van der Waals surface area contributed by atoms with Gasteiger partial charge >= 0.3 is 0 Å². The minimum Gasteiger partial charge on any atom is -0.362 e. The highest BCUT2D eigenvalue weighted by Gasteiger charge is 2.04. The summed E-state index contributed by atoms with van der Waals surface area (Å²) in [5.74, 6) is -0.757. The maximum absolute atomic E-state index is 12.6. The standard InChI is InChI=1S/C10H12FN3OS/c1-2-12-10(16)14-13-9(15)7-3-5-8(11)6-4-7/h3-6H,2H2,1H3,(H,13,15)(H2,12,14,16). The van der Waals surface area contributed by atoms with Gasteiger partial charge in [-0.15, -0.1) is 0 Å². The van der Waals surface area contributed by atoms with Crippen LogP contribution < -0.4 is 16.2 Å². The summed E-state index contributed by atoms with van der Waals surface area (Å²) in [5, 5.41) is 3.14. The van der Waals surface area contributed by atoms with E-state index in [0.717, 1.165) is 0 Å². The molecule has 1 aromatic carbocycles. The van der Waals surface area contributed by atoms with Crippen LogP contribution in [0.5, 0.6) is 0 Å². The Balaban J connectivity index is 2.47. The normalized spacial score (nSPS) is 9.38. The number of carbonyl (C=O) groups is 1. The predicted molar refractivity (Wildman–Crippen MR) is 63.3 cm³/mol. The zero-order valence-corrected chi connectivity index (χ0v) is 9.53. The molecule has 1 aromatic rings. The van der Waals surface area contributed by atoms with Gasteiger partial charge in [-0.3, -0.25) is 15.6 Å². The summed E-state index contributed by atoms with van der Waals surface area (Å²) >= 11 is 4.85. The molecule has 1 rings (SSSR count). The first-order valence-corrected chi connectivity index (χ1v) is 5.14. The number of nitrogens with one attached hydrogen (secondary N) is 3. The van der Waals surface area contributed by atoms with Crippen molar-refractivity contribution in [1.82, 2.24) is 16.2 Å². The molecule has 0 radical (unpaired) electrons. The Morgan fingerprint density at radius 1 is 1.31 bits per heavy atom. The van der Waals surface area contributed by atoms with E-state index in [2.05, 4.69) is 16.2 Å². The second-order valence-electron chi connectivity index (χ2n) is 2.95. The molecule has 0 aliphatic carbocycles. The monoisotopic (exact) mass is 241 g/mol. The SMILES string of the molecule is CCNC(=S)NNC(=O)c1ccc(F)cc1. The molecule has 0 saturated heterocycles. The summed E-state index contributed by atoms with van der Waals surface area (Å²) < 4.78 is 12.6. The summed E-state index contributed by atoms with van der Waals surface area (Å²) in [6.07, 6.45) is 0. The number of rotatable bonds is 2. The van der Waals surface area contributed by atoms with Crippen LogP contribution in [0.1, 0.15) is 17.3 Å². The maximum Gasteiger partial charge on any atom is 0.269 e. The maximum atomic E-state index is 12.6. The average molecular weight is 241 g/mol. The Morgan fingerprint density at radius 3 is 2.50 bits per heavy atom. The topological polar surface area (TPSA) is 53.2 Å². The van der Waals surface area contributed by atoms with Crippen molar-refractivity contribution in [2.24, 2.45) is 0 Å². The van der Waals surface area contributed by atoms with Crippen molar-refractivity contribution < 1.29 is 9.18 Å². The predicted octanol–water partition coefficient (Wildman–Crippen LogP) is 0.955. The van der Waals surface area contributed by atoms with Crippen molar-refractivity contribution >= 4 is 23.2 Å². The van der Waals surface area contributed by atoms with Crippen molar-refractivity contribution in [3.8, 4) is 0 Å². The molecule has 1 amide bonds. The fraction of sp³-hybridized carbons (Fsp3) is 0.200. The third-order valence-corrected chi connectivity index (χ3v) is 1.98. The summed E-state index contributed by atoms with van der Waals surface area (Å²) in [7, 11) is 0. The van der Waals surface area contributed by atoms with Crippen molar-refractivity contribution in [1.29, 1.82) is 0 Å². The minimum absolute atomic E-state index is 0.331. The highest BCUT2D eigenvalue weighted by molar-refractivity contribution is 7.80. The molecule has 0 atom stereocenters. The van der Waals surface area contributed by atoms with Gasteiger partial charge in [-0.1, -0.05) is 0 Å². The molecule has 0 bridgehead atoms. The average Bonchev–Trinajstić information content (AvgIpc) is 2.27. The molecule has 0 saturated carbocycles. The quantitative estimate of drug-likeness (QED) is 0.533. The van der Waals surface area contributed by atoms with E-state index in [1.165, 1.54) is 24.3 Å². The first-order chi connectivity index (χ1) is 7.63. The molecular weight excluding hydrogens is 229 g/mol. The van der Waals surface area contributed by atoms with Crippen LogP contribution in [-0.2, 0) is 0 Å². The van der Waals surface area contributed by atoms with Crippen LogP contribution >= 0.6 is 12.2 Å². The van der Waals surface area contributed by atoms with Crippen LogP contribution in [0, 0.1) is 5.82 Å². The zero-order valence-electron chi connectivity index (χ0n) is 8.71. The van der Waals surface area contributed by atoms with Crippen LogP contribution in [0.3, 0.4) is 0 Å². The number of benzene rings is 1. The van der Waals surface area contributed by atoms with Gasteiger partial charge in [0.2, 0.25) is 0 Å². The van der Waals surface area contributed by atoms with E-state index in [9.17, 15) is 9.18 Å². The highest BCUT2D eigenvalue weighted by atomic mass is 32.1. The van der Waals surface area contributed by atoms with E-state index in [1.807, 2.05) is 6.92 Å². The largest absolute Gasteiger partial charge is 0.362 e. The van der Waals surface area contributed by atoms with E-state index < -0.39 is 0 Å². The fourth-order valence-corrected chi connectivity index (χ4v) is 1.19. The third-order valence-electron chi connectivity index (χ3n) is 1.73. The van der Waals surface area contributed by atoms with E-state index in [1.54, 1.807) is 0 Å². The first kappa shape index (κ1) is 12.4. The molecule has 16 heavy (non-hydrogen) atoms. The molecule has 0 heterocycles. The van der Waals surface area contributed by atoms with Gasteiger partial charge in [-0.05, 0) is 43.4 Å². The molecule has 4 nitrogen and oxygen atoms in total. The van der Waals surface area contributed by atoms with Crippen LogP contribution in [0.2, 0.25) is 0 Å². The number of hydrogen-bond donors (Lipinski definition) is 3. The number of hydrogen-bond acceptors (Lipinski definition) is 2. The molecule has 0 aliphatic heterocycles. The second kappa shape index (κ2) is 6.02. The van der Waals surface area contributed by atoms with Crippen LogP contribution in [0.15, 0.2) is 24.3 Å². The number of hydrazine groups is 1. The van der Waals surface area contributed by atoms with Gasteiger partial charge in [0.05, 0.1) is 0 Å². The van der Waals surface area contributed by atoms with Crippen molar-refractivity contribution in [2.45, 2.75) is 6.92 Å². The lowest BCUT2D eigenvalue weighted by Gasteiger charge is -2.09.